The van der Waals surface area contributed by atoms with Gasteiger partial charge < -0.3 is 14.8 Å². The first-order chi connectivity index (χ1) is 9.31. The van der Waals surface area contributed by atoms with Crippen LogP contribution in [-0.4, -0.2) is 33.9 Å². The number of hydrogen-bond acceptors (Lipinski definition) is 3. The summed E-state index contributed by atoms with van der Waals surface area (Å²) in [4.78, 5) is 0. The predicted octanol–water partition coefficient (Wildman–Crippen LogP) is 2.89. The molecule has 0 saturated heterocycles. The monoisotopic (exact) mass is 265 g/mol. The summed E-state index contributed by atoms with van der Waals surface area (Å²) in [6, 6.07) is 8.26. The number of rotatable bonds is 10. The lowest BCUT2D eigenvalue weighted by molar-refractivity contribution is 0.120. The Morgan fingerprint density at radius 2 is 2.00 bits per heavy atom. The molecule has 0 aliphatic carbocycles. The Kier molecular flexibility index (Phi) is 8.26. The number of nitrogens with one attached hydrogen (secondary N) is 1. The number of hydrogen-bond donors (Lipinski definition) is 1. The molecule has 1 aromatic rings. The second-order valence-electron chi connectivity index (χ2n) is 4.84. The maximum absolute atomic E-state index is 5.59. The summed E-state index contributed by atoms with van der Waals surface area (Å²) in [6.07, 6.45) is 3.20. The Morgan fingerprint density at radius 1 is 1.21 bits per heavy atom. The van der Waals surface area contributed by atoms with Gasteiger partial charge in [-0.2, -0.15) is 0 Å². The first kappa shape index (κ1) is 16.0. The Hall–Kier alpha value is -1.06. The second kappa shape index (κ2) is 9.82. The van der Waals surface area contributed by atoms with Crippen molar-refractivity contribution in [1.29, 1.82) is 0 Å². The van der Waals surface area contributed by atoms with Crippen molar-refractivity contribution in [3.05, 3.63) is 29.8 Å². The van der Waals surface area contributed by atoms with Gasteiger partial charge in [0.2, 0.25) is 0 Å². The van der Waals surface area contributed by atoms with E-state index in [1.54, 1.807) is 7.11 Å². The van der Waals surface area contributed by atoms with E-state index in [0.29, 0.717) is 5.92 Å². The van der Waals surface area contributed by atoms with Crippen molar-refractivity contribution in [1.82, 2.24) is 5.32 Å². The normalized spacial score (nSPS) is 12.4. The molecule has 1 rings (SSSR count). The molecular weight excluding hydrogens is 238 g/mol. The van der Waals surface area contributed by atoms with Crippen LogP contribution < -0.4 is 10.1 Å². The van der Waals surface area contributed by atoms with Crippen molar-refractivity contribution >= 4 is 0 Å². The summed E-state index contributed by atoms with van der Waals surface area (Å²) in [5.74, 6) is 1.57. The zero-order valence-electron chi connectivity index (χ0n) is 12.4. The lowest BCUT2D eigenvalue weighted by Crippen LogP contribution is -2.22. The van der Waals surface area contributed by atoms with E-state index in [2.05, 4.69) is 24.4 Å². The third kappa shape index (κ3) is 6.08. The van der Waals surface area contributed by atoms with Crippen LogP contribution in [0.5, 0.6) is 5.75 Å². The van der Waals surface area contributed by atoms with Crippen LogP contribution in [0.3, 0.4) is 0 Å². The third-order valence-electron chi connectivity index (χ3n) is 3.21. The highest BCUT2D eigenvalue weighted by Gasteiger charge is 2.12. The molecule has 0 radical (unpaired) electrons. The fourth-order valence-corrected chi connectivity index (χ4v) is 2.24. The van der Waals surface area contributed by atoms with Crippen LogP contribution >= 0.6 is 0 Å². The minimum Gasteiger partial charge on any atom is -0.496 e. The molecule has 3 heteroatoms. The highest BCUT2D eigenvalue weighted by Crippen LogP contribution is 2.22. The molecule has 0 heterocycles. The Morgan fingerprint density at radius 3 is 2.68 bits per heavy atom. The summed E-state index contributed by atoms with van der Waals surface area (Å²) in [7, 11) is 3.73. The molecule has 0 fully saturated rings. The smallest absolute Gasteiger partial charge is 0.122 e. The molecule has 0 bridgehead atoms. The van der Waals surface area contributed by atoms with Gasteiger partial charge in [0.25, 0.3) is 0 Å². The predicted molar refractivity (Wildman–Crippen MR) is 79.8 cm³/mol. The number of ether oxygens (including phenoxy) is 2. The molecule has 0 aliphatic heterocycles. The molecule has 0 aromatic heterocycles. The molecule has 19 heavy (non-hydrogen) atoms. The van der Waals surface area contributed by atoms with Gasteiger partial charge in [-0.15, -0.1) is 0 Å². The molecule has 0 spiro atoms. The maximum Gasteiger partial charge on any atom is 0.122 e. The van der Waals surface area contributed by atoms with Crippen LogP contribution in [0.25, 0.3) is 0 Å². The first-order valence-electron chi connectivity index (χ1n) is 7.16. The van der Waals surface area contributed by atoms with Gasteiger partial charge in [0, 0.05) is 13.2 Å². The molecular formula is C16H27NO2. The first-order valence-corrected chi connectivity index (χ1v) is 7.16. The van der Waals surface area contributed by atoms with E-state index in [1.165, 1.54) is 5.56 Å². The lowest BCUT2D eigenvalue weighted by Gasteiger charge is -2.18. The van der Waals surface area contributed by atoms with Crippen molar-refractivity contribution in [3.63, 3.8) is 0 Å². The van der Waals surface area contributed by atoms with Crippen molar-refractivity contribution in [3.8, 4) is 5.75 Å². The van der Waals surface area contributed by atoms with Crippen molar-refractivity contribution < 1.29 is 9.47 Å². The standard InChI is InChI=1S/C16H27NO2/c1-4-10-19-11-9-14(13-17-2)12-15-7-5-6-8-16(15)18-3/h5-8,14,17H,4,9-13H2,1-3H3. The molecule has 108 valence electrons. The molecule has 0 amide bonds. The van der Waals surface area contributed by atoms with Crippen LogP contribution in [0, 0.1) is 5.92 Å². The zero-order valence-corrected chi connectivity index (χ0v) is 12.4. The fourth-order valence-electron chi connectivity index (χ4n) is 2.24. The second-order valence-corrected chi connectivity index (χ2v) is 4.84. The van der Waals surface area contributed by atoms with Gasteiger partial charge in [-0.3, -0.25) is 0 Å². The van der Waals surface area contributed by atoms with Crippen LogP contribution in [-0.2, 0) is 11.2 Å². The van der Waals surface area contributed by atoms with Gasteiger partial charge >= 0.3 is 0 Å². The largest absolute Gasteiger partial charge is 0.496 e. The third-order valence-corrected chi connectivity index (χ3v) is 3.21. The van der Waals surface area contributed by atoms with Crippen molar-refractivity contribution in [2.75, 3.05) is 33.9 Å². The fraction of sp³-hybridized carbons (Fsp3) is 0.625. The van der Waals surface area contributed by atoms with Crippen LogP contribution in [0.15, 0.2) is 24.3 Å². The van der Waals surface area contributed by atoms with E-state index in [-0.39, 0.29) is 0 Å². The summed E-state index contributed by atoms with van der Waals surface area (Å²) in [6.45, 7) is 4.85. The van der Waals surface area contributed by atoms with Crippen molar-refractivity contribution in [2.24, 2.45) is 5.92 Å². The van der Waals surface area contributed by atoms with E-state index in [4.69, 9.17) is 9.47 Å². The summed E-state index contributed by atoms with van der Waals surface area (Å²) in [5, 5.41) is 3.27. The molecule has 1 aromatic carbocycles. The number of para-hydroxylation sites is 1. The summed E-state index contributed by atoms with van der Waals surface area (Å²) >= 11 is 0. The molecule has 0 saturated carbocycles. The van der Waals surface area contributed by atoms with Crippen LogP contribution in [0.4, 0.5) is 0 Å². The maximum atomic E-state index is 5.59. The van der Waals surface area contributed by atoms with Crippen LogP contribution in [0.1, 0.15) is 25.3 Å². The van der Waals surface area contributed by atoms with Gasteiger partial charge in [-0.05, 0) is 50.4 Å². The quantitative estimate of drug-likeness (QED) is 0.660. The van der Waals surface area contributed by atoms with Gasteiger partial charge in [-0.25, -0.2) is 0 Å². The van der Waals surface area contributed by atoms with E-state index >= 15 is 0 Å². The highest BCUT2D eigenvalue weighted by molar-refractivity contribution is 5.33. The number of methoxy groups -OCH3 is 1. The topological polar surface area (TPSA) is 30.5 Å². The SMILES string of the molecule is CCCOCCC(CNC)Cc1ccccc1OC. The van der Waals surface area contributed by atoms with Gasteiger partial charge in [0.15, 0.2) is 0 Å². The number of benzene rings is 1. The minimum absolute atomic E-state index is 0.582. The Balaban J connectivity index is 2.51. The lowest BCUT2D eigenvalue weighted by atomic mass is 9.96. The van der Waals surface area contributed by atoms with E-state index < -0.39 is 0 Å². The van der Waals surface area contributed by atoms with E-state index in [1.807, 2.05) is 19.2 Å². The molecule has 3 nitrogen and oxygen atoms in total. The van der Waals surface area contributed by atoms with E-state index in [9.17, 15) is 0 Å². The van der Waals surface area contributed by atoms with E-state index in [0.717, 1.165) is 44.8 Å². The molecule has 1 atom stereocenters. The van der Waals surface area contributed by atoms with Crippen LogP contribution in [0.2, 0.25) is 0 Å². The molecule has 1 N–H and O–H groups in total. The Bertz CT molecular complexity index is 341. The average molecular weight is 265 g/mol. The van der Waals surface area contributed by atoms with Gasteiger partial charge in [0.05, 0.1) is 7.11 Å². The van der Waals surface area contributed by atoms with Gasteiger partial charge in [-0.1, -0.05) is 25.1 Å². The average Bonchev–Trinajstić information content (AvgIpc) is 2.44. The summed E-state index contributed by atoms with van der Waals surface area (Å²) in [5.41, 5.74) is 1.28. The summed E-state index contributed by atoms with van der Waals surface area (Å²) < 4.78 is 11.0. The van der Waals surface area contributed by atoms with Crippen molar-refractivity contribution in [2.45, 2.75) is 26.2 Å². The highest BCUT2D eigenvalue weighted by atomic mass is 16.5. The Labute approximate surface area is 117 Å². The van der Waals surface area contributed by atoms with Gasteiger partial charge in [0.1, 0.15) is 5.75 Å². The molecule has 1 unspecified atom stereocenters. The zero-order chi connectivity index (χ0) is 13.9. The minimum atomic E-state index is 0.582. The molecule has 0 aliphatic rings.